The molecule has 1 aromatic rings. The molecule has 0 saturated heterocycles. The van der Waals surface area contributed by atoms with E-state index in [0.29, 0.717) is 6.61 Å². The summed E-state index contributed by atoms with van der Waals surface area (Å²) in [5.74, 6) is 0. The van der Waals surface area contributed by atoms with Crippen LogP contribution in [0.1, 0.15) is 31.9 Å². The Labute approximate surface area is 110 Å². The van der Waals surface area contributed by atoms with E-state index < -0.39 is 0 Å². The predicted molar refractivity (Wildman–Crippen MR) is 74.6 cm³/mol. The first-order valence-electron chi connectivity index (χ1n) is 6.49. The van der Waals surface area contributed by atoms with Gasteiger partial charge in [-0.15, -0.1) is 0 Å². The lowest BCUT2D eigenvalue weighted by molar-refractivity contribution is -0.00897. The van der Waals surface area contributed by atoms with Crippen molar-refractivity contribution in [3.05, 3.63) is 35.4 Å². The molecule has 0 aliphatic carbocycles. The van der Waals surface area contributed by atoms with Gasteiger partial charge in [-0.05, 0) is 31.9 Å². The molecule has 0 heterocycles. The summed E-state index contributed by atoms with van der Waals surface area (Å²) in [5, 5.41) is 3.42. The minimum Gasteiger partial charge on any atom is -0.380 e. The van der Waals surface area contributed by atoms with Crippen LogP contribution >= 0.6 is 0 Å². The number of hydrogen-bond acceptors (Lipinski definition) is 3. The molecule has 0 unspecified atom stereocenters. The van der Waals surface area contributed by atoms with E-state index >= 15 is 0 Å². The monoisotopic (exact) mass is 251 g/mol. The number of nitrogens with one attached hydrogen (secondary N) is 1. The number of hydrogen-bond donors (Lipinski definition) is 1. The fourth-order valence-electron chi connectivity index (χ4n) is 1.87. The number of ether oxygens (including phenoxy) is 2. The van der Waals surface area contributed by atoms with Crippen LogP contribution in [0.25, 0.3) is 0 Å². The zero-order valence-electron chi connectivity index (χ0n) is 12.0. The van der Waals surface area contributed by atoms with Gasteiger partial charge in [-0.1, -0.05) is 24.3 Å². The van der Waals surface area contributed by atoms with Crippen LogP contribution in [-0.4, -0.2) is 25.9 Å². The van der Waals surface area contributed by atoms with E-state index in [-0.39, 0.29) is 5.60 Å². The average Bonchev–Trinajstić information content (AvgIpc) is 2.31. The SMILES string of the molecule is CCOC(C)(C)CNCc1ccc(COC)cc1. The minimum atomic E-state index is -0.106. The first-order chi connectivity index (χ1) is 8.57. The van der Waals surface area contributed by atoms with Crippen LogP contribution in [0, 0.1) is 0 Å². The summed E-state index contributed by atoms with van der Waals surface area (Å²) >= 11 is 0. The number of benzene rings is 1. The molecule has 0 saturated carbocycles. The Balaban J connectivity index is 2.35. The molecule has 0 amide bonds. The molecule has 1 aromatic carbocycles. The molecule has 3 heteroatoms. The molecule has 0 bridgehead atoms. The Bertz CT molecular complexity index is 333. The molecule has 0 fully saturated rings. The van der Waals surface area contributed by atoms with Crippen molar-refractivity contribution < 1.29 is 9.47 Å². The summed E-state index contributed by atoms with van der Waals surface area (Å²) in [6.45, 7) is 9.36. The van der Waals surface area contributed by atoms with Crippen molar-refractivity contribution in [3.8, 4) is 0 Å². The second-order valence-corrected chi connectivity index (χ2v) is 5.05. The van der Waals surface area contributed by atoms with Crippen LogP contribution in [0.15, 0.2) is 24.3 Å². The highest BCUT2D eigenvalue weighted by atomic mass is 16.5. The van der Waals surface area contributed by atoms with Crippen LogP contribution in [0.5, 0.6) is 0 Å². The lowest BCUT2D eigenvalue weighted by Gasteiger charge is -2.25. The smallest absolute Gasteiger partial charge is 0.0750 e. The van der Waals surface area contributed by atoms with Gasteiger partial charge in [0.2, 0.25) is 0 Å². The quantitative estimate of drug-likeness (QED) is 0.770. The first kappa shape index (κ1) is 15.2. The Kier molecular flexibility index (Phi) is 6.33. The summed E-state index contributed by atoms with van der Waals surface area (Å²) in [6.07, 6.45) is 0. The maximum Gasteiger partial charge on any atom is 0.0750 e. The molecule has 0 aromatic heterocycles. The van der Waals surface area contributed by atoms with Crippen LogP contribution < -0.4 is 5.32 Å². The molecule has 3 nitrogen and oxygen atoms in total. The minimum absolute atomic E-state index is 0.106. The summed E-state index contributed by atoms with van der Waals surface area (Å²) in [6, 6.07) is 8.48. The van der Waals surface area contributed by atoms with E-state index in [1.807, 2.05) is 6.92 Å². The maximum absolute atomic E-state index is 5.64. The van der Waals surface area contributed by atoms with E-state index in [9.17, 15) is 0 Å². The highest BCUT2D eigenvalue weighted by Gasteiger charge is 2.16. The second kappa shape index (κ2) is 7.52. The molecule has 18 heavy (non-hydrogen) atoms. The lowest BCUT2D eigenvalue weighted by Crippen LogP contribution is -2.37. The standard InChI is InChI=1S/C15H25NO2/c1-5-18-15(2,3)12-16-10-13-6-8-14(9-7-13)11-17-4/h6-9,16H,5,10-12H2,1-4H3. The van der Waals surface area contributed by atoms with Crippen molar-refractivity contribution in [3.63, 3.8) is 0 Å². The molecular formula is C15H25NO2. The van der Waals surface area contributed by atoms with Gasteiger partial charge in [0.25, 0.3) is 0 Å². The zero-order chi connectivity index (χ0) is 13.4. The Morgan fingerprint density at radius 3 is 2.28 bits per heavy atom. The van der Waals surface area contributed by atoms with Gasteiger partial charge in [0.1, 0.15) is 0 Å². The topological polar surface area (TPSA) is 30.5 Å². The van der Waals surface area contributed by atoms with Gasteiger partial charge in [-0.3, -0.25) is 0 Å². The van der Waals surface area contributed by atoms with Gasteiger partial charge in [0, 0.05) is 26.8 Å². The molecule has 1 rings (SSSR count). The van der Waals surface area contributed by atoms with E-state index in [0.717, 1.165) is 19.7 Å². The third kappa shape index (κ3) is 5.63. The summed E-state index contributed by atoms with van der Waals surface area (Å²) in [4.78, 5) is 0. The molecule has 0 spiro atoms. The van der Waals surface area contributed by atoms with Crippen molar-refractivity contribution in [1.82, 2.24) is 5.32 Å². The largest absolute Gasteiger partial charge is 0.380 e. The van der Waals surface area contributed by atoms with E-state index in [4.69, 9.17) is 9.47 Å². The summed E-state index contributed by atoms with van der Waals surface area (Å²) in [5.41, 5.74) is 2.38. The van der Waals surface area contributed by atoms with Gasteiger partial charge in [0.05, 0.1) is 12.2 Å². The average molecular weight is 251 g/mol. The Hall–Kier alpha value is -0.900. The number of methoxy groups -OCH3 is 1. The Morgan fingerprint density at radius 2 is 1.72 bits per heavy atom. The molecule has 0 radical (unpaired) electrons. The van der Waals surface area contributed by atoms with Crippen LogP contribution in [0.4, 0.5) is 0 Å². The summed E-state index contributed by atoms with van der Waals surface area (Å²) < 4.78 is 10.7. The van der Waals surface area contributed by atoms with E-state index in [1.165, 1.54) is 11.1 Å². The molecule has 0 atom stereocenters. The molecule has 1 N–H and O–H groups in total. The van der Waals surface area contributed by atoms with Gasteiger partial charge >= 0.3 is 0 Å². The fourth-order valence-corrected chi connectivity index (χ4v) is 1.87. The number of rotatable bonds is 8. The van der Waals surface area contributed by atoms with Gasteiger partial charge < -0.3 is 14.8 Å². The van der Waals surface area contributed by atoms with Gasteiger partial charge in [-0.25, -0.2) is 0 Å². The van der Waals surface area contributed by atoms with E-state index in [1.54, 1.807) is 7.11 Å². The predicted octanol–water partition coefficient (Wildman–Crippen LogP) is 2.74. The Morgan fingerprint density at radius 1 is 1.11 bits per heavy atom. The highest BCUT2D eigenvalue weighted by molar-refractivity contribution is 5.21. The summed E-state index contributed by atoms with van der Waals surface area (Å²) in [7, 11) is 1.71. The van der Waals surface area contributed by atoms with Crippen molar-refractivity contribution in [2.45, 2.75) is 39.5 Å². The molecule has 0 aliphatic rings. The normalized spacial score (nSPS) is 11.8. The second-order valence-electron chi connectivity index (χ2n) is 5.05. The van der Waals surface area contributed by atoms with Crippen molar-refractivity contribution in [2.75, 3.05) is 20.3 Å². The molecule has 0 aliphatic heterocycles. The van der Waals surface area contributed by atoms with Crippen LogP contribution in [0.3, 0.4) is 0 Å². The fraction of sp³-hybridized carbons (Fsp3) is 0.600. The van der Waals surface area contributed by atoms with Gasteiger partial charge in [-0.2, -0.15) is 0 Å². The maximum atomic E-state index is 5.64. The van der Waals surface area contributed by atoms with Crippen molar-refractivity contribution in [2.24, 2.45) is 0 Å². The molecule has 102 valence electrons. The third-order valence-electron chi connectivity index (χ3n) is 2.75. The van der Waals surface area contributed by atoms with Crippen LogP contribution in [0.2, 0.25) is 0 Å². The third-order valence-corrected chi connectivity index (χ3v) is 2.75. The van der Waals surface area contributed by atoms with E-state index in [2.05, 4.69) is 43.4 Å². The van der Waals surface area contributed by atoms with Crippen molar-refractivity contribution in [1.29, 1.82) is 0 Å². The van der Waals surface area contributed by atoms with Crippen LogP contribution in [-0.2, 0) is 22.6 Å². The lowest BCUT2D eigenvalue weighted by atomic mass is 10.1. The first-order valence-corrected chi connectivity index (χ1v) is 6.49. The van der Waals surface area contributed by atoms with Gasteiger partial charge in [0.15, 0.2) is 0 Å². The van der Waals surface area contributed by atoms with Crippen molar-refractivity contribution >= 4 is 0 Å². The highest BCUT2D eigenvalue weighted by Crippen LogP contribution is 2.08. The zero-order valence-corrected chi connectivity index (χ0v) is 12.0. The molecular weight excluding hydrogens is 226 g/mol.